The highest BCUT2D eigenvalue weighted by atomic mass is 32.2. The van der Waals surface area contributed by atoms with Crippen LogP contribution in [-0.2, 0) is 23.6 Å². The SMILES string of the molecule is CCOP(=O)(OCC)C1c2ccccc2C=CN1S(=O)(=O)c1ccccc1. The van der Waals surface area contributed by atoms with Crippen LogP contribution in [0.2, 0.25) is 0 Å². The van der Waals surface area contributed by atoms with Gasteiger partial charge in [0.2, 0.25) is 0 Å². The Balaban J connectivity index is 2.20. The van der Waals surface area contributed by atoms with Gasteiger partial charge in [-0.05, 0) is 43.2 Å². The summed E-state index contributed by atoms with van der Waals surface area (Å²) in [5.41, 5.74) is 1.37. The standard InChI is InChI=1S/C19H22NO5PS/c1-3-24-26(21,25-4-2)19-18-13-9-8-10-16(18)14-15-20(19)27(22,23)17-11-6-5-7-12-17/h5-15,19H,3-4H2,1-2H3. The molecule has 6 nitrogen and oxygen atoms in total. The number of sulfonamides is 1. The van der Waals surface area contributed by atoms with Gasteiger partial charge in [0.15, 0.2) is 5.78 Å². The van der Waals surface area contributed by atoms with Crippen molar-refractivity contribution in [3.63, 3.8) is 0 Å². The first-order chi connectivity index (χ1) is 12.9. The van der Waals surface area contributed by atoms with Crippen LogP contribution in [0.5, 0.6) is 0 Å². The largest absolute Gasteiger partial charge is 0.358 e. The van der Waals surface area contributed by atoms with Gasteiger partial charge in [-0.15, -0.1) is 0 Å². The van der Waals surface area contributed by atoms with Crippen molar-refractivity contribution >= 4 is 23.7 Å². The molecule has 2 aromatic rings. The van der Waals surface area contributed by atoms with Gasteiger partial charge in [0, 0.05) is 6.20 Å². The van der Waals surface area contributed by atoms with E-state index in [1.165, 1.54) is 18.3 Å². The van der Waals surface area contributed by atoms with Crippen molar-refractivity contribution in [3.05, 3.63) is 71.9 Å². The van der Waals surface area contributed by atoms with Crippen LogP contribution in [-0.4, -0.2) is 25.9 Å². The second-order valence-electron chi connectivity index (χ2n) is 5.84. The Bertz CT molecular complexity index is 965. The van der Waals surface area contributed by atoms with Gasteiger partial charge < -0.3 is 9.05 Å². The third kappa shape index (κ3) is 3.73. The summed E-state index contributed by atoms with van der Waals surface area (Å²) in [6, 6.07) is 15.3. The zero-order valence-corrected chi connectivity index (χ0v) is 16.9. The molecule has 0 saturated heterocycles. The minimum absolute atomic E-state index is 0.110. The van der Waals surface area contributed by atoms with Crippen molar-refractivity contribution in [1.82, 2.24) is 4.31 Å². The van der Waals surface area contributed by atoms with Crippen LogP contribution in [0.15, 0.2) is 65.7 Å². The molecule has 0 bridgehead atoms. The molecule has 1 aliphatic heterocycles. The summed E-state index contributed by atoms with van der Waals surface area (Å²) in [6.07, 6.45) is 3.12. The van der Waals surface area contributed by atoms with Gasteiger partial charge in [-0.2, -0.15) is 0 Å². The molecule has 1 atom stereocenters. The third-order valence-corrected chi connectivity index (χ3v) is 8.43. The Kier molecular flexibility index (Phi) is 5.86. The van der Waals surface area contributed by atoms with Gasteiger partial charge >= 0.3 is 7.60 Å². The molecule has 0 aliphatic carbocycles. The monoisotopic (exact) mass is 407 g/mol. The number of fused-ring (bicyclic) bond motifs is 1. The summed E-state index contributed by atoms with van der Waals surface area (Å²) in [7, 11) is -7.76. The quantitative estimate of drug-likeness (QED) is 0.626. The summed E-state index contributed by atoms with van der Waals surface area (Å²) in [5, 5.41) is 0. The lowest BCUT2D eigenvalue weighted by Crippen LogP contribution is -2.33. The average molecular weight is 407 g/mol. The van der Waals surface area contributed by atoms with Crippen LogP contribution >= 0.6 is 7.60 Å². The van der Waals surface area contributed by atoms with Crippen molar-refractivity contribution in [2.45, 2.75) is 24.5 Å². The molecular formula is C19H22NO5PS. The van der Waals surface area contributed by atoms with Crippen molar-refractivity contribution in [2.75, 3.05) is 13.2 Å². The topological polar surface area (TPSA) is 72.9 Å². The molecule has 0 aromatic heterocycles. The van der Waals surface area contributed by atoms with E-state index in [2.05, 4.69) is 0 Å². The molecule has 144 valence electrons. The van der Waals surface area contributed by atoms with Crippen LogP contribution < -0.4 is 0 Å². The van der Waals surface area contributed by atoms with Crippen molar-refractivity contribution in [3.8, 4) is 0 Å². The van der Waals surface area contributed by atoms with Gasteiger partial charge in [-0.25, -0.2) is 8.42 Å². The Hall–Kier alpha value is -1.92. The van der Waals surface area contributed by atoms with Crippen molar-refractivity contribution in [1.29, 1.82) is 0 Å². The van der Waals surface area contributed by atoms with Gasteiger partial charge in [-0.3, -0.25) is 8.87 Å². The maximum atomic E-state index is 13.6. The number of hydrogen-bond donors (Lipinski definition) is 0. The first-order valence-corrected chi connectivity index (χ1v) is 11.7. The lowest BCUT2D eigenvalue weighted by molar-refractivity contribution is 0.199. The lowest BCUT2D eigenvalue weighted by Gasteiger charge is -2.37. The molecular weight excluding hydrogens is 385 g/mol. The first-order valence-electron chi connectivity index (χ1n) is 8.68. The van der Waals surface area contributed by atoms with Crippen molar-refractivity contribution < 1.29 is 22.0 Å². The number of benzene rings is 2. The van der Waals surface area contributed by atoms with E-state index in [4.69, 9.17) is 9.05 Å². The summed E-state index contributed by atoms with van der Waals surface area (Å²) in [5.74, 6) is -1.09. The zero-order valence-electron chi connectivity index (χ0n) is 15.2. The van der Waals surface area contributed by atoms with Crippen LogP contribution in [0, 0.1) is 0 Å². The molecule has 1 unspecified atom stereocenters. The third-order valence-electron chi connectivity index (χ3n) is 4.15. The van der Waals surface area contributed by atoms with E-state index in [9.17, 15) is 13.0 Å². The molecule has 0 N–H and O–H groups in total. The fourth-order valence-corrected chi connectivity index (χ4v) is 7.11. The summed E-state index contributed by atoms with van der Waals surface area (Å²) in [6.45, 7) is 3.68. The minimum Gasteiger partial charge on any atom is -0.307 e. The molecule has 3 rings (SSSR count). The van der Waals surface area contributed by atoms with E-state index >= 15 is 0 Å². The highest BCUT2D eigenvalue weighted by Crippen LogP contribution is 2.64. The van der Waals surface area contributed by atoms with E-state index in [1.54, 1.807) is 50.3 Å². The Labute approximate surface area is 160 Å². The van der Waals surface area contributed by atoms with Crippen LogP contribution in [0.3, 0.4) is 0 Å². The average Bonchev–Trinajstić information content (AvgIpc) is 2.68. The van der Waals surface area contributed by atoms with Crippen LogP contribution in [0.1, 0.15) is 30.8 Å². The Morgan fingerprint density at radius 2 is 1.56 bits per heavy atom. The smallest absolute Gasteiger partial charge is 0.307 e. The molecule has 1 heterocycles. The van der Waals surface area contributed by atoms with Gasteiger partial charge in [0.1, 0.15) is 0 Å². The summed E-state index contributed by atoms with van der Waals surface area (Å²) in [4.78, 5) is 0.110. The molecule has 2 aromatic carbocycles. The molecule has 0 fully saturated rings. The normalized spacial score (nSPS) is 17.0. The van der Waals surface area contributed by atoms with E-state index in [0.29, 0.717) is 5.56 Å². The molecule has 27 heavy (non-hydrogen) atoms. The number of hydrogen-bond acceptors (Lipinski definition) is 5. The van der Waals surface area contributed by atoms with E-state index in [1.807, 2.05) is 12.1 Å². The molecule has 0 amide bonds. The molecule has 0 radical (unpaired) electrons. The molecule has 0 saturated carbocycles. The van der Waals surface area contributed by atoms with Crippen molar-refractivity contribution in [2.24, 2.45) is 0 Å². The van der Waals surface area contributed by atoms with E-state index in [0.717, 1.165) is 9.87 Å². The fraction of sp³-hybridized carbons (Fsp3) is 0.263. The predicted octanol–water partition coefficient (Wildman–Crippen LogP) is 4.63. The molecule has 1 aliphatic rings. The molecule has 0 spiro atoms. The second-order valence-corrected chi connectivity index (χ2v) is 9.77. The predicted molar refractivity (Wildman–Crippen MR) is 105 cm³/mol. The highest BCUT2D eigenvalue weighted by molar-refractivity contribution is 7.89. The second kappa shape index (κ2) is 7.98. The maximum absolute atomic E-state index is 13.6. The fourth-order valence-electron chi connectivity index (χ4n) is 3.04. The lowest BCUT2D eigenvalue weighted by atomic mass is 10.1. The number of rotatable bonds is 7. The molecule has 8 heteroatoms. The van der Waals surface area contributed by atoms with Crippen LogP contribution in [0.4, 0.5) is 0 Å². The highest BCUT2D eigenvalue weighted by Gasteiger charge is 2.47. The zero-order chi connectivity index (χ0) is 19.5. The summed E-state index contributed by atoms with van der Waals surface area (Å²) >= 11 is 0. The Morgan fingerprint density at radius 3 is 2.19 bits per heavy atom. The van der Waals surface area contributed by atoms with E-state index in [-0.39, 0.29) is 18.1 Å². The van der Waals surface area contributed by atoms with E-state index < -0.39 is 23.4 Å². The minimum atomic E-state index is -3.96. The Morgan fingerprint density at radius 1 is 0.963 bits per heavy atom. The maximum Gasteiger partial charge on any atom is 0.358 e. The van der Waals surface area contributed by atoms with Gasteiger partial charge in [0.05, 0.1) is 18.1 Å². The first kappa shape index (κ1) is 19.8. The van der Waals surface area contributed by atoms with Gasteiger partial charge in [-0.1, -0.05) is 42.5 Å². The van der Waals surface area contributed by atoms with Gasteiger partial charge in [0.25, 0.3) is 10.0 Å². The number of nitrogens with zero attached hydrogens (tertiary/aromatic N) is 1. The summed E-state index contributed by atoms with van der Waals surface area (Å²) < 4.78 is 52.4. The van der Waals surface area contributed by atoms with Crippen LogP contribution in [0.25, 0.3) is 6.08 Å².